The molecule has 0 aliphatic carbocycles. The highest BCUT2D eigenvalue weighted by Crippen LogP contribution is 2.33. The van der Waals surface area contributed by atoms with Gasteiger partial charge in [0.2, 0.25) is 0 Å². The van der Waals surface area contributed by atoms with E-state index in [9.17, 15) is 14.9 Å². The van der Waals surface area contributed by atoms with Crippen molar-refractivity contribution in [2.45, 2.75) is 38.1 Å². The van der Waals surface area contributed by atoms with E-state index in [2.05, 4.69) is 5.32 Å². The molecule has 1 aliphatic heterocycles. The zero-order valence-corrected chi connectivity index (χ0v) is 12.6. The van der Waals surface area contributed by atoms with E-state index in [0.717, 1.165) is 19.3 Å². The number of non-ortho nitro benzene ring substituents is 1. The predicted octanol–water partition coefficient (Wildman–Crippen LogP) is 2.75. The van der Waals surface area contributed by atoms with Crippen molar-refractivity contribution in [1.82, 2.24) is 4.90 Å². The number of aliphatic hydroxyl groups is 1. The van der Waals surface area contributed by atoms with Crippen molar-refractivity contribution in [3.63, 3.8) is 0 Å². The lowest BCUT2D eigenvalue weighted by atomic mass is 9.93. The third-order valence-electron chi connectivity index (χ3n) is 4.18. The van der Waals surface area contributed by atoms with Crippen molar-refractivity contribution in [1.29, 1.82) is 0 Å². The Kier molecular flexibility index (Phi) is 4.97. The number of carbonyl (C=O) groups is 1. The molecule has 1 fully saturated rings. The monoisotopic (exact) mass is 307 g/mol. The summed E-state index contributed by atoms with van der Waals surface area (Å²) in [5.74, 6) is 0. The Bertz CT molecular complexity index is 563. The van der Waals surface area contributed by atoms with Crippen LogP contribution in [0.15, 0.2) is 24.3 Å². The summed E-state index contributed by atoms with van der Waals surface area (Å²) in [6.07, 6.45) is 3.21. The summed E-state index contributed by atoms with van der Waals surface area (Å²) in [5.41, 5.74) is 0.0888. The van der Waals surface area contributed by atoms with Gasteiger partial charge in [-0.15, -0.1) is 0 Å². The van der Waals surface area contributed by atoms with Gasteiger partial charge in [0.1, 0.15) is 0 Å². The molecular weight excluding hydrogens is 286 g/mol. The molecule has 1 aromatic carbocycles. The van der Waals surface area contributed by atoms with Crippen LogP contribution < -0.4 is 5.32 Å². The normalized spacial score (nSPS) is 20.9. The van der Waals surface area contributed by atoms with Gasteiger partial charge in [-0.25, -0.2) is 4.79 Å². The third kappa shape index (κ3) is 3.54. The number of urea groups is 1. The average molecular weight is 307 g/mol. The minimum Gasteiger partial charge on any atom is -0.396 e. The highest BCUT2D eigenvalue weighted by atomic mass is 16.6. The van der Waals surface area contributed by atoms with E-state index in [1.54, 1.807) is 17.0 Å². The molecule has 120 valence electrons. The first-order valence-electron chi connectivity index (χ1n) is 7.40. The van der Waals surface area contributed by atoms with E-state index in [0.29, 0.717) is 18.7 Å². The molecule has 0 saturated carbocycles. The van der Waals surface area contributed by atoms with E-state index < -0.39 is 4.92 Å². The number of aliphatic hydroxyl groups excluding tert-OH is 1. The van der Waals surface area contributed by atoms with Crippen molar-refractivity contribution >= 4 is 17.4 Å². The highest BCUT2D eigenvalue weighted by Gasteiger charge is 2.39. The van der Waals surface area contributed by atoms with Gasteiger partial charge in [-0.05, 0) is 38.7 Å². The molecule has 1 atom stereocenters. The van der Waals surface area contributed by atoms with Crippen molar-refractivity contribution < 1.29 is 14.8 Å². The number of nitrogens with one attached hydrogen (secondary N) is 1. The molecule has 2 amide bonds. The Morgan fingerprint density at radius 1 is 1.55 bits per heavy atom. The second kappa shape index (κ2) is 6.74. The van der Waals surface area contributed by atoms with Gasteiger partial charge >= 0.3 is 6.03 Å². The number of hydrogen-bond donors (Lipinski definition) is 2. The Labute approximate surface area is 129 Å². The van der Waals surface area contributed by atoms with Crippen molar-refractivity contribution in [3.05, 3.63) is 34.4 Å². The standard InChI is InChI=1S/C15H21N3O4/c1-15(8-4-10-19)7-3-9-17(15)14(20)16-12-5-2-6-13(11-12)18(21)22/h2,5-6,11,19H,3-4,7-10H2,1H3,(H,16,20). The molecule has 2 N–H and O–H groups in total. The van der Waals surface area contributed by atoms with Crippen LogP contribution in [0.1, 0.15) is 32.6 Å². The molecular formula is C15H21N3O4. The van der Waals surface area contributed by atoms with Gasteiger partial charge in [-0.3, -0.25) is 10.1 Å². The quantitative estimate of drug-likeness (QED) is 0.646. The van der Waals surface area contributed by atoms with Crippen LogP contribution in [0.25, 0.3) is 0 Å². The van der Waals surface area contributed by atoms with Gasteiger partial charge < -0.3 is 15.3 Å². The fraction of sp³-hybridized carbons (Fsp3) is 0.533. The smallest absolute Gasteiger partial charge is 0.322 e. The summed E-state index contributed by atoms with van der Waals surface area (Å²) in [6.45, 7) is 2.78. The van der Waals surface area contributed by atoms with E-state index >= 15 is 0 Å². The number of nitro groups is 1. The van der Waals surface area contributed by atoms with Gasteiger partial charge in [0.25, 0.3) is 5.69 Å². The number of rotatable bonds is 5. The summed E-state index contributed by atoms with van der Waals surface area (Å²) in [5, 5.41) is 22.5. The molecule has 7 nitrogen and oxygen atoms in total. The Hall–Kier alpha value is -2.15. The summed E-state index contributed by atoms with van der Waals surface area (Å²) in [6, 6.07) is 5.66. The molecule has 0 aromatic heterocycles. The van der Waals surface area contributed by atoms with E-state index in [4.69, 9.17) is 5.11 Å². The molecule has 0 bridgehead atoms. The first-order valence-corrected chi connectivity index (χ1v) is 7.40. The zero-order valence-electron chi connectivity index (χ0n) is 12.6. The molecule has 0 spiro atoms. The van der Waals surface area contributed by atoms with Gasteiger partial charge in [0.05, 0.1) is 4.92 Å². The summed E-state index contributed by atoms with van der Waals surface area (Å²) in [7, 11) is 0. The lowest BCUT2D eigenvalue weighted by Crippen LogP contribution is -2.47. The SMILES string of the molecule is CC1(CCCO)CCCN1C(=O)Nc1cccc([N+](=O)[O-])c1. The van der Waals surface area contributed by atoms with Crippen LogP contribution in [-0.4, -0.2) is 39.7 Å². The number of likely N-dealkylation sites (tertiary alicyclic amines) is 1. The van der Waals surface area contributed by atoms with E-state index in [-0.39, 0.29) is 23.9 Å². The Morgan fingerprint density at radius 3 is 3.00 bits per heavy atom. The Balaban J connectivity index is 2.08. The molecule has 1 heterocycles. The lowest BCUT2D eigenvalue weighted by molar-refractivity contribution is -0.384. The maximum Gasteiger partial charge on any atom is 0.322 e. The maximum atomic E-state index is 12.5. The topological polar surface area (TPSA) is 95.7 Å². The van der Waals surface area contributed by atoms with Crippen molar-refractivity contribution in [3.8, 4) is 0 Å². The molecule has 0 radical (unpaired) electrons. The van der Waals surface area contributed by atoms with E-state index in [1.165, 1.54) is 12.1 Å². The Morgan fingerprint density at radius 2 is 2.32 bits per heavy atom. The summed E-state index contributed by atoms with van der Waals surface area (Å²) in [4.78, 5) is 24.5. The van der Waals surface area contributed by atoms with Crippen LogP contribution in [-0.2, 0) is 0 Å². The van der Waals surface area contributed by atoms with Crippen LogP contribution in [0.5, 0.6) is 0 Å². The van der Waals surface area contributed by atoms with Crippen molar-refractivity contribution in [2.75, 3.05) is 18.5 Å². The zero-order chi connectivity index (χ0) is 16.2. The number of nitrogens with zero attached hydrogens (tertiary/aromatic N) is 2. The van der Waals surface area contributed by atoms with Crippen LogP contribution in [0, 0.1) is 10.1 Å². The molecule has 1 aliphatic rings. The van der Waals surface area contributed by atoms with Crippen LogP contribution in [0.4, 0.5) is 16.2 Å². The molecule has 7 heteroatoms. The summed E-state index contributed by atoms with van der Waals surface area (Å²) >= 11 is 0. The fourth-order valence-electron chi connectivity index (χ4n) is 2.98. The van der Waals surface area contributed by atoms with E-state index in [1.807, 2.05) is 6.92 Å². The highest BCUT2D eigenvalue weighted by molar-refractivity contribution is 5.90. The first-order chi connectivity index (χ1) is 10.5. The van der Waals surface area contributed by atoms with Gasteiger partial charge in [0, 0.05) is 36.5 Å². The van der Waals surface area contributed by atoms with Gasteiger partial charge in [-0.2, -0.15) is 0 Å². The summed E-state index contributed by atoms with van der Waals surface area (Å²) < 4.78 is 0. The number of carbonyl (C=O) groups excluding carboxylic acids is 1. The first kappa shape index (κ1) is 16.2. The predicted molar refractivity (Wildman–Crippen MR) is 82.8 cm³/mol. The van der Waals surface area contributed by atoms with Gasteiger partial charge in [0.15, 0.2) is 0 Å². The van der Waals surface area contributed by atoms with Crippen LogP contribution in [0.2, 0.25) is 0 Å². The molecule has 22 heavy (non-hydrogen) atoms. The number of amides is 2. The second-order valence-electron chi connectivity index (χ2n) is 5.82. The number of hydrogen-bond acceptors (Lipinski definition) is 4. The van der Waals surface area contributed by atoms with Crippen LogP contribution in [0.3, 0.4) is 0 Å². The minimum atomic E-state index is -0.489. The number of benzene rings is 1. The molecule has 1 aromatic rings. The van der Waals surface area contributed by atoms with Gasteiger partial charge in [-0.1, -0.05) is 6.07 Å². The third-order valence-corrected chi connectivity index (χ3v) is 4.18. The molecule has 1 saturated heterocycles. The largest absolute Gasteiger partial charge is 0.396 e. The molecule has 2 rings (SSSR count). The lowest BCUT2D eigenvalue weighted by Gasteiger charge is -2.35. The average Bonchev–Trinajstić information content (AvgIpc) is 2.87. The maximum absolute atomic E-state index is 12.5. The fourth-order valence-corrected chi connectivity index (χ4v) is 2.98. The number of anilines is 1. The number of nitro benzene ring substituents is 1. The minimum absolute atomic E-state index is 0.0535. The van der Waals surface area contributed by atoms with Crippen molar-refractivity contribution in [2.24, 2.45) is 0 Å². The molecule has 1 unspecified atom stereocenters. The second-order valence-corrected chi connectivity index (χ2v) is 5.82. The van der Waals surface area contributed by atoms with Crippen LogP contribution >= 0.6 is 0 Å².